The molecule has 0 N–H and O–H groups in total. The van der Waals surface area contributed by atoms with Crippen LogP contribution in [0.4, 0.5) is 0 Å². The summed E-state index contributed by atoms with van der Waals surface area (Å²) in [5, 5.41) is 4.44. The number of fused-ring (bicyclic) bond motifs is 1. The van der Waals surface area contributed by atoms with Gasteiger partial charge in [-0.3, -0.25) is 13.9 Å². The van der Waals surface area contributed by atoms with E-state index in [9.17, 15) is 9.59 Å². The van der Waals surface area contributed by atoms with Crippen LogP contribution in [0, 0.1) is 0 Å². The monoisotopic (exact) mass is 438 g/mol. The Labute approximate surface area is 167 Å². The summed E-state index contributed by atoms with van der Waals surface area (Å²) in [5.41, 5.74) is 0.501. The molecule has 0 aliphatic carbocycles. The molecule has 4 rings (SSSR count). The maximum absolute atomic E-state index is 12.9. The number of hydrogen-bond donors (Lipinski definition) is 0. The van der Waals surface area contributed by atoms with Gasteiger partial charge in [0.2, 0.25) is 11.7 Å². The molecule has 0 atom stereocenters. The second kappa shape index (κ2) is 7.40. The third-order valence-corrected chi connectivity index (χ3v) is 4.78. The molecule has 7 nitrogen and oxygen atoms in total. The van der Waals surface area contributed by atoms with Crippen molar-refractivity contribution in [3.8, 4) is 11.4 Å². The zero-order valence-corrected chi connectivity index (χ0v) is 16.3. The predicted octanol–water partition coefficient (Wildman–Crippen LogP) is 3.21. The Hall–Kier alpha value is -3.26. The van der Waals surface area contributed by atoms with Gasteiger partial charge < -0.3 is 4.52 Å². The fourth-order valence-corrected chi connectivity index (χ4v) is 3.41. The molecule has 0 aliphatic heterocycles. The van der Waals surface area contributed by atoms with Gasteiger partial charge in [-0.1, -0.05) is 51.4 Å². The molecule has 0 spiro atoms. The van der Waals surface area contributed by atoms with E-state index in [1.807, 2.05) is 24.3 Å². The lowest BCUT2D eigenvalue weighted by Gasteiger charge is -2.11. The van der Waals surface area contributed by atoms with Gasteiger partial charge in [-0.05, 0) is 24.3 Å². The molecule has 140 valence electrons. The van der Waals surface area contributed by atoms with Gasteiger partial charge >= 0.3 is 5.69 Å². The third kappa shape index (κ3) is 3.22. The van der Waals surface area contributed by atoms with Crippen LogP contribution in [0.15, 0.2) is 79.8 Å². The van der Waals surface area contributed by atoms with Gasteiger partial charge in [0, 0.05) is 16.6 Å². The van der Waals surface area contributed by atoms with E-state index in [-0.39, 0.29) is 24.5 Å². The number of aromatic nitrogens is 4. The average Bonchev–Trinajstić information content (AvgIpc) is 3.17. The Bertz CT molecular complexity index is 1300. The summed E-state index contributed by atoms with van der Waals surface area (Å²) in [5.74, 6) is 0.694. The molecule has 0 bridgehead atoms. The summed E-state index contributed by atoms with van der Waals surface area (Å²) in [7, 11) is 0. The minimum atomic E-state index is -0.453. The number of rotatable bonds is 5. The molecule has 0 fully saturated rings. The molecule has 8 heteroatoms. The average molecular weight is 439 g/mol. The van der Waals surface area contributed by atoms with Crippen LogP contribution >= 0.6 is 15.9 Å². The first-order valence-electron chi connectivity index (χ1n) is 8.50. The van der Waals surface area contributed by atoms with Crippen LogP contribution in [0.5, 0.6) is 0 Å². The highest BCUT2D eigenvalue weighted by Gasteiger charge is 2.16. The fourth-order valence-electron chi connectivity index (χ4n) is 3.01. The second-order valence-corrected chi connectivity index (χ2v) is 7.03. The number of allylic oxidation sites excluding steroid dienone is 1. The van der Waals surface area contributed by atoms with Crippen molar-refractivity contribution < 1.29 is 4.52 Å². The lowest BCUT2D eigenvalue weighted by molar-refractivity contribution is 0.369. The van der Waals surface area contributed by atoms with Crippen molar-refractivity contribution in [2.45, 2.75) is 13.1 Å². The van der Waals surface area contributed by atoms with E-state index >= 15 is 0 Å². The van der Waals surface area contributed by atoms with E-state index < -0.39 is 5.69 Å². The van der Waals surface area contributed by atoms with Crippen molar-refractivity contribution in [3.05, 3.63) is 92.4 Å². The lowest BCUT2D eigenvalue weighted by atomic mass is 10.2. The first-order chi connectivity index (χ1) is 13.6. The normalized spacial score (nSPS) is 11.0. The van der Waals surface area contributed by atoms with Crippen molar-refractivity contribution in [3.63, 3.8) is 0 Å². The van der Waals surface area contributed by atoms with Gasteiger partial charge in [0.1, 0.15) is 6.54 Å². The highest BCUT2D eigenvalue weighted by molar-refractivity contribution is 9.10. The topological polar surface area (TPSA) is 82.9 Å². The molecular formula is C20H15BrN4O3. The smallest absolute Gasteiger partial charge is 0.332 e. The lowest BCUT2D eigenvalue weighted by Crippen LogP contribution is -2.40. The van der Waals surface area contributed by atoms with Gasteiger partial charge in [-0.2, -0.15) is 4.98 Å². The van der Waals surface area contributed by atoms with Crippen molar-refractivity contribution in [2.24, 2.45) is 0 Å². The van der Waals surface area contributed by atoms with Crippen LogP contribution in [-0.2, 0) is 13.1 Å². The molecule has 0 radical (unpaired) electrons. The summed E-state index contributed by atoms with van der Waals surface area (Å²) in [6.07, 6.45) is 1.51. The quantitative estimate of drug-likeness (QED) is 0.446. The van der Waals surface area contributed by atoms with Gasteiger partial charge in [-0.25, -0.2) is 4.79 Å². The summed E-state index contributed by atoms with van der Waals surface area (Å²) in [6, 6.07) is 14.5. The molecule has 0 saturated carbocycles. The van der Waals surface area contributed by atoms with Crippen molar-refractivity contribution in [1.29, 1.82) is 0 Å². The van der Waals surface area contributed by atoms with Crippen LogP contribution in [0.2, 0.25) is 0 Å². The maximum atomic E-state index is 12.9. The zero-order chi connectivity index (χ0) is 19.7. The molecule has 0 aliphatic rings. The third-order valence-electron chi connectivity index (χ3n) is 4.29. The maximum Gasteiger partial charge on any atom is 0.332 e. The van der Waals surface area contributed by atoms with Gasteiger partial charge in [-0.15, -0.1) is 6.58 Å². The Morgan fingerprint density at radius 1 is 1.11 bits per heavy atom. The number of benzene rings is 2. The largest absolute Gasteiger partial charge is 0.337 e. The Balaban J connectivity index is 1.81. The number of nitrogens with zero attached hydrogens (tertiary/aromatic N) is 4. The molecule has 2 heterocycles. The van der Waals surface area contributed by atoms with E-state index in [1.54, 1.807) is 24.3 Å². The SMILES string of the molecule is C=CCn1c(=O)c2ccccc2n(Cc2nc(-c3cccc(Br)c3)no2)c1=O. The van der Waals surface area contributed by atoms with Crippen LogP contribution in [-0.4, -0.2) is 19.3 Å². The summed E-state index contributed by atoms with van der Waals surface area (Å²) in [4.78, 5) is 29.9. The number of halogens is 1. The Morgan fingerprint density at radius 3 is 2.71 bits per heavy atom. The second-order valence-electron chi connectivity index (χ2n) is 6.11. The molecule has 2 aromatic heterocycles. The van der Waals surface area contributed by atoms with Crippen LogP contribution < -0.4 is 11.2 Å². The minimum absolute atomic E-state index is 0.0533. The number of para-hydroxylation sites is 1. The summed E-state index contributed by atoms with van der Waals surface area (Å²) in [6.45, 7) is 3.80. The first kappa shape index (κ1) is 18.1. The van der Waals surface area contributed by atoms with E-state index in [4.69, 9.17) is 4.52 Å². The van der Waals surface area contributed by atoms with E-state index in [0.29, 0.717) is 16.7 Å². The molecule has 0 unspecified atom stereocenters. The van der Waals surface area contributed by atoms with Crippen molar-refractivity contribution in [1.82, 2.24) is 19.3 Å². The Morgan fingerprint density at radius 2 is 1.93 bits per heavy atom. The molecule has 28 heavy (non-hydrogen) atoms. The van der Waals surface area contributed by atoms with E-state index in [1.165, 1.54) is 10.6 Å². The zero-order valence-electron chi connectivity index (χ0n) is 14.7. The molecule has 4 aromatic rings. The van der Waals surface area contributed by atoms with Crippen LogP contribution in [0.1, 0.15) is 5.89 Å². The van der Waals surface area contributed by atoms with Crippen molar-refractivity contribution in [2.75, 3.05) is 0 Å². The predicted molar refractivity (Wildman–Crippen MR) is 109 cm³/mol. The van der Waals surface area contributed by atoms with Gasteiger partial charge in [0.25, 0.3) is 5.56 Å². The molecule has 0 saturated heterocycles. The molecule has 0 amide bonds. The summed E-state index contributed by atoms with van der Waals surface area (Å²) >= 11 is 3.41. The van der Waals surface area contributed by atoms with Crippen LogP contribution in [0.25, 0.3) is 22.3 Å². The Kier molecular flexibility index (Phi) is 4.79. The summed E-state index contributed by atoms with van der Waals surface area (Å²) < 4.78 is 8.85. The van der Waals surface area contributed by atoms with Gasteiger partial charge in [0.05, 0.1) is 10.9 Å². The standard InChI is InChI=1S/C20H15BrN4O3/c1-2-10-24-19(26)15-8-3-4-9-16(15)25(20(24)27)12-17-22-18(23-28-17)13-6-5-7-14(21)11-13/h2-9,11H,1,10,12H2. The highest BCUT2D eigenvalue weighted by atomic mass is 79.9. The van der Waals surface area contributed by atoms with Gasteiger partial charge in [0.15, 0.2) is 0 Å². The minimum Gasteiger partial charge on any atom is -0.337 e. The fraction of sp³-hybridized carbons (Fsp3) is 0.100. The van der Waals surface area contributed by atoms with E-state index in [0.717, 1.165) is 14.6 Å². The number of hydrogen-bond acceptors (Lipinski definition) is 5. The van der Waals surface area contributed by atoms with E-state index in [2.05, 4.69) is 32.6 Å². The first-order valence-corrected chi connectivity index (χ1v) is 9.29. The molecule has 2 aromatic carbocycles. The van der Waals surface area contributed by atoms with Crippen molar-refractivity contribution >= 4 is 26.8 Å². The highest BCUT2D eigenvalue weighted by Crippen LogP contribution is 2.20. The van der Waals surface area contributed by atoms with Crippen LogP contribution in [0.3, 0.4) is 0 Å². The molecular weight excluding hydrogens is 424 g/mol.